The Morgan fingerprint density at radius 1 is 1.08 bits per heavy atom. The molecule has 2 rings (SSSR count). The predicted octanol–water partition coefficient (Wildman–Crippen LogP) is 3.43. The van der Waals surface area contributed by atoms with Gasteiger partial charge < -0.3 is 11.1 Å². The molecular weight excluding hydrogens is 334 g/mol. The van der Waals surface area contributed by atoms with Crippen molar-refractivity contribution in [1.29, 1.82) is 0 Å². The van der Waals surface area contributed by atoms with Gasteiger partial charge in [0.1, 0.15) is 0 Å². The first-order valence-electron chi connectivity index (χ1n) is 8.33. The molecule has 0 aliphatic carbocycles. The van der Waals surface area contributed by atoms with Crippen LogP contribution in [-0.4, -0.2) is 30.4 Å². The van der Waals surface area contributed by atoms with Crippen molar-refractivity contribution in [3.05, 3.63) is 64.7 Å². The minimum atomic E-state index is -0.00515. The lowest BCUT2D eigenvalue weighted by Crippen LogP contribution is -2.36. The Bertz CT molecular complexity index is 666. The van der Waals surface area contributed by atoms with Gasteiger partial charge >= 0.3 is 0 Å². The number of rotatable bonds is 7. The highest BCUT2D eigenvalue weighted by Crippen LogP contribution is 2.21. The van der Waals surface area contributed by atoms with Gasteiger partial charge in [-0.1, -0.05) is 48.0 Å². The van der Waals surface area contributed by atoms with Crippen molar-refractivity contribution in [2.24, 2.45) is 5.73 Å². The summed E-state index contributed by atoms with van der Waals surface area (Å²) in [7, 11) is 0. The van der Waals surface area contributed by atoms with Crippen LogP contribution < -0.4 is 11.1 Å². The minimum Gasteiger partial charge on any atom is -0.329 e. The molecule has 0 aromatic heterocycles. The van der Waals surface area contributed by atoms with Crippen LogP contribution in [0.25, 0.3) is 0 Å². The van der Waals surface area contributed by atoms with Gasteiger partial charge in [-0.2, -0.15) is 0 Å². The number of carbonyl (C=O) groups excluding carboxylic acids is 1. The van der Waals surface area contributed by atoms with Crippen LogP contribution in [0, 0.1) is 20.8 Å². The number of nitrogens with zero attached hydrogens (tertiary/aromatic N) is 1. The quantitative estimate of drug-likeness (QED) is 0.794. The predicted molar refractivity (Wildman–Crippen MR) is 107 cm³/mol. The molecule has 1 amide bonds. The summed E-state index contributed by atoms with van der Waals surface area (Å²) >= 11 is 0. The summed E-state index contributed by atoms with van der Waals surface area (Å²) in [5.74, 6) is -0.00515. The van der Waals surface area contributed by atoms with Gasteiger partial charge in [0, 0.05) is 25.3 Å². The number of amides is 1. The highest BCUT2D eigenvalue weighted by Gasteiger charge is 2.13. The third-order valence-electron chi connectivity index (χ3n) is 4.00. The molecule has 25 heavy (non-hydrogen) atoms. The number of benzene rings is 2. The molecule has 0 heterocycles. The second-order valence-corrected chi connectivity index (χ2v) is 6.31. The molecule has 0 aliphatic heterocycles. The number of aryl methyl sites for hydroxylation is 3. The Balaban J connectivity index is 0.00000312. The van der Waals surface area contributed by atoms with Crippen LogP contribution in [0.4, 0.5) is 5.69 Å². The number of hydrogen-bond donors (Lipinski definition) is 2. The highest BCUT2D eigenvalue weighted by atomic mass is 35.5. The average molecular weight is 362 g/mol. The van der Waals surface area contributed by atoms with E-state index < -0.39 is 0 Å². The van der Waals surface area contributed by atoms with Crippen LogP contribution in [-0.2, 0) is 11.3 Å². The van der Waals surface area contributed by atoms with Crippen molar-refractivity contribution in [3.8, 4) is 0 Å². The Hall–Kier alpha value is -1.88. The molecule has 0 fully saturated rings. The van der Waals surface area contributed by atoms with Gasteiger partial charge in [-0.25, -0.2) is 0 Å². The first-order chi connectivity index (χ1) is 11.5. The van der Waals surface area contributed by atoms with Gasteiger partial charge in [0.05, 0.1) is 6.54 Å². The zero-order chi connectivity index (χ0) is 17.5. The van der Waals surface area contributed by atoms with E-state index >= 15 is 0 Å². The summed E-state index contributed by atoms with van der Waals surface area (Å²) in [6.07, 6.45) is 0. The van der Waals surface area contributed by atoms with E-state index in [1.54, 1.807) is 0 Å². The van der Waals surface area contributed by atoms with E-state index in [2.05, 4.69) is 41.4 Å². The van der Waals surface area contributed by atoms with E-state index in [1.165, 1.54) is 11.1 Å². The second-order valence-electron chi connectivity index (χ2n) is 6.31. The number of carbonyl (C=O) groups is 1. The minimum absolute atomic E-state index is 0. The number of anilines is 1. The van der Waals surface area contributed by atoms with Crippen LogP contribution in [0.5, 0.6) is 0 Å². The van der Waals surface area contributed by atoms with Gasteiger partial charge in [0.2, 0.25) is 5.91 Å². The van der Waals surface area contributed by atoms with Crippen molar-refractivity contribution >= 4 is 24.0 Å². The molecule has 0 unspecified atom stereocenters. The third kappa shape index (κ3) is 6.50. The van der Waals surface area contributed by atoms with Crippen LogP contribution >= 0.6 is 12.4 Å². The van der Waals surface area contributed by atoms with Crippen molar-refractivity contribution in [3.63, 3.8) is 0 Å². The molecule has 2 aromatic carbocycles. The maximum atomic E-state index is 12.5. The second kappa shape index (κ2) is 10.2. The van der Waals surface area contributed by atoms with Crippen LogP contribution in [0.1, 0.15) is 22.3 Å². The van der Waals surface area contributed by atoms with E-state index in [9.17, 15) is 4.79 Å². The fourth-order valence-electron chi connectivity index (χ4n) is 3.00. The maximum Gasteiger partial charge on any atom is 0.238 e. The lowest BCUT2D eigenvalue weighted by atomic mass is 10.1. The van der Waals surface area contributed by atoms with E-state index in [1.807, 2.05) is 32.0 Å². The Morgan fingerprint density at radius 3 is 2.24 bits per heavy atom. The lowest BCUT2D eigenvalue weighted by molar-refractivity contribution is -0.117. The first-order valence-corrected chi connectivity index (χ1v) is 8.33. The normalized spacial score (nSPS) is 10.4. The van der Waals surface area contributed by atoms with Crippen molar-refractivity contribution in [2.75, 3.05) is 25.0 Å². The van der Waals surface area contributed by atoms with Crippen molar-refractivity contribution in [2.45, 2.75) is 27.3 Å². The van der Waals surface area contributed by atoms with Gasteiger partial charge in [0.15, 0.2) is 0 Å². The highest BCUT2D eigenvalue weighted by molar-refractivity contribution is 5.93. The summed E-state index contributed by atoms with van der Waals surface area (Å²) in [5, 5.41) is 3.06. The summed E-state index contributed by atoms with van der Waals surface area (Å²) in [6.45, 7) is 8.38. The third-order valence-corrected chi connectivity index (χ3v) is 4.00. The summed E-state index contributed by atoms with van der Waals surface area (Å²) in [5.41, 5.74) is 11.2. The molecule has 0 radical (unpaired) electrons. The van der Waals surface area contributed by atoms with Gasteiger partial charge in [-0.3, -0.25) is 9.69 Å². The molecule has 4 nitrogen and oxygen atoms in total. The fraction of sp³-hybridized carbons (Fsp3) is 0.350. The number of nitrogens with two attached hydrogens (primary N) is 1. The Labute approximate surface area is 156 Å². The average Bonchev–Trinajstić information content (AvgIpc) is 2.52. The van der Waals surface area contributed by atoms with E-state index in [0.717, 1.165) is 23.4 Å². The smallest absolute Gasteiger partial charge is 0.238 e. The van der Waals surface area contributed by atoms with E-state index in [4.69, 9.17) is 5.73 Å². The van der Waals surface area contributed by atoms with Gasteiger partial charge in [0.25, 0.3) is 0 Å². The first kappa shape index (κ1) is 21.2. The number of nitrogens with one attached hydrogen (secondary N) is 1. The molecule has 136 valence electrons. The molecular formula is C20H28ClN3O. The molecule has 0 aliphatic rings. The summed E-state index contributed by atoms with van der Waals surface area (Å²) < 4.78 is 0. The van der Waals surface area contributed by atoms with Crippen LogP contribution in [0.3, 0.4) is 0 Å². The molecule has 2 aromatic rings. The molecule has 0 bridgehead atoms. The van der Waals surface area contributed by atoms with Gasteiger partial charge in [-0.15, -0.1) is 12.4 Å². The van der Waals surface area contributed by atoms with E-state index in [0.29, 0.717) is 19.6 Å². The standard InChI is InChI=1S/C20H27N3O.ClH/c1-15-11-16(2)20(17(3)12-15)22-19(24)14-23(10-9-21)13-18-7-5-4-6-8-18;/h4-8,11-12H,9-10,13-14,21H2,1-3H3,(H,22,24);1H. The van der Waals surface area contributed by atoms with Crippen molar-refractivity contribution < 1.29 is 4.79 Å². The zero-order valence-corrected chi connectivity index (χ0v) is 16.0. The largest absolute Gasteiger partial charge is 0.329 e. The Morgan fingerprint density at radius 2 is 1.68 bits per heavy atom. The summed E-state index contributed by atoms with van der Waals surface area (Å²) in [4.78, 5) is 14.6. The van der Waals surface area contributed by atoms with Crippen molar-refractivity contribution in [1.82, 2.24) is 4.90 Å². The number of hydrogen-bond acceptors (Lipinski definition) is 3. The molecule has 5 heteroatoms. The molecule has 0 spiro atoms. The topological polar surface area (TPSA) is 58.4 Å². The van der Waals surface area contributed by atoms with Crippen LogP contribution in [0.2, 0.25) is 0 Å². The lowest BCUT2D eigenvalue weighted by Gasteiger charge is -2.22. The molecule has 0 atom stereocenters. The number of halogens is 1. The molecule has 3 N–H and O–H groups in total. The van der Waals surface area contributed by atoms with Crippen LogP contribution in [0.15, 0.2) is 42.5 Å². The monoisotopic (exact) mass is 361 g/mol. The molecule has 0 saturated carbocycles. The molecule has 0 saturated heterocycles. The van der Waals surface area contributed by atoms with E-state index in [-0.39, 0.29) is 18.3 Å². The zero-order valence-electron chi connectivity index (χ0n) is 15.2. The maximum absolute atomic E-state index is 12.5. The summed E-state index contributed by atoms with van der Waals surface area (Å²) in [6, 6.07) is 14.3. The SMILES string of the molecule is Cc1cc(C)c(NC(=O)CN(CCN)Cc2ccccc2)c(C)c1.Cl. The fourth-order valence-corrected chi connectivity index (χ4v) is 3.00. The van der Waals surface area contributed by atoms with Gasteiger partial charge in [-0.05, 0) is 37.5 Å². The Kier molecular flexibility index (Phi) is 8.62.